The molecule has 3 rings (SSSR count). The normalized spacial score (nSPS) is 21.7. The van der Waals surface area contributed by atoms with Gasteiger partial charge in [0, 0.05) is 18.3 Å². The van der Waals surface area contributed by atoms with Gasteiger partial charge in [-0.25, -0.2) is 4.98 Å². The number of para-hydroxylation sites is 1. The highest BCUT2D eigenvalue weighted by Crippen LogP contribution is 2.25. The van der Waals surface area contributed by atoms with Crippen molar-refractivity contribution in [1.29, 1.82) is 0 Å². The molecule has 2 aromatic rings. The van der Waals surface area contributed by atoms with Crippen molar-refractivity contribution >= 4 is 11.8 Å². The van der Waals surface area contributed by atoms with E-state index in [1.165, 1.54) is 0 Å². The van der Waals surface area contributed by atoms with Crippen molar-refractivity contribution < 1.29 is 19.4 Å². The van der Waals surface area contributed by atoms with Crippen LogP contribution in [0.2, 0.25) is 0 Å². The van der Waals surface area contributed by atoms with Gasteiger partial charge in [0.05, 0.1) is 31.7 Å². The predicted molar refractivity (Wildman–Crippen MR) is 102 cm³/mol. The summed E-state index contributed by atoms with van der Waals surface area (Å²) in [5.74, 6) is 0.876. The van der Waals surface area contributed by atoms with Crippen LogP contribution in [0.1, 0.15) is 31.5 Å². The van der Waals surface area contributed by atoms with Crippen LogP contribution in [0.4, 0.5) is 0 Å². The highest BCUT2D eigenvalue weighted by molar-refractivity contribution is 5.79. The lowest BCUT2D eigenvalue weighted by Gasteiger charge is -2.33. The number of aliphatic hydroxyl groups excluding tert-OH is 1. The number of ether oxygens (including phenoxy) is 1. The number of H-pyrrole nitrogens is 1. The first-order chi connectivity index (χ1) is 13.6. The Morgan fingerprint density at radius 2 is 2.07 bits per heavy atom. The fourth-order valence-corrected chi connectivity index (χ4v) is 3.32. The van der Waals surface area contributed by atoms with E-state index in [1.807, 2.05) is 30.3 Å². The van der Waals surface area contributed by atoms with Gasteiger partial charge in [0.1, 0.15) is 11.6 Å². The molecule has 8 heteroatoms. The maximum atomic E-state index is 12.3. The Morgan fingerprint density at radius 1 is 1.25 bits per heavy atom. The second-order valence-corrected chi connectivity index (χ2v) is 6.92. The zero-order valence-electron chi connectivity index (χ0n) is 15.6. The molecule has 1 aliphatic carbocycles. The molecule has 3 atom stereocenters. The van der Waals surface area contributed by atoms with Crippen LogP contribution in [0, 0.1) is 5.92 Å². The number of benzene rings is 1. The van der Waals surface area contributed by atoms with E-state index in [0.717, 1.165) is 5.75 Å². The van der Waals surface area contributed by atoms with E-state index in [2.05, 4.69) is 20.6 Å². The van der Waals surface area contributed by atoms with Gasteiger partial charge in [-0.2, -0.15) is 0 Å². The van der Waals surface area contributed by atoms with Crippen molar-refractivity contribution in [2.24, 2.45) is 5.92 Å². The van der Waals surface area contributed by atoms with Crippen LogP contribution in [0.25, 0.3) is 0 Å². The Hall–Kier alpha value is -2.87. The monoisotopic (exact) mass is 386 g/mol. The summed E-state index contributed by atoms with van der Waals surface area (Å²) in [7, 11) is 0. The molecule has 1 aromatic heterocycles. The van der Waals surface area contributed by atoms with Gasteiger partial charge in [-0.15, -0.1) is 0 Å². The summed E-state index contributed by atoms with van der Waals surface area (Å²) in [6, 6.07) is 8.97. The number of carbonyl (C=O) groups excluding carboxylic acids is 2. The van der Waals surface area contributed by atoms with Gasteiger partial charge in [0.15, 0.2) is 0 Å². The molecule has 0 aliphatic heterocycles. The van der Waals surface area contributed by atoms with Gasteiger partial charge < -0.3 is 25.5 Å². The maximum Gasteiger partial charge on any atom is 0.223 e. The summed E-state index contributed by atoms with van der Waals surface area (Å²) in [4.78, 5) is 31.4. The molecule has 1 aliphatic rings. The summed E-state index contributed by atoms with van der Waals surface area (Å²) < 4.78 is 5.51. The lowest BCUT2D eigenvalue weighted by atomic mass is 9.83. The van der Waals surface area contributed by atoms with E-state index >= 15 is 0 Å². The van der Waals surface area contributed by atoms with Crippen LogP contribution >= 0.6 is 0 Å². The lowest BCUT2D eigenvalue weighted by molar-refractivity contribution is -0.128. The number of carbonyl (C=O) groups is 2. The summed E-state index contributed by atoms with van der Waals surface area (Å²) in [6.45, 7) is 0.608. The van der Waals surface area contributed by atoms with E-state index in [9.17, 15) is 14.7 Å². The highest BCUT2D eigenvalue weighted by Gasteiger charge is 2.33. The summed E-state index contributed by atoms with van der Waals surface area (Å²) in [6.07, 6.45) is 4.30. The Bertz CT molecular complexity index is 751. The average molecular weight is 386 g/mol. The van der Waals surface area contributed by atoms with Crippen molar-refractivity contribution in [1.82, 2.24) is 20.6 Å². The average Bonchev–Trinajstić information content (AvgIpc) is 3.22. The molecule has 1 heterocycles. The molecular formula is C20H26N4O4. The predicted octanol–water partition coefficient (Wildman–Crippen LogP) is 1.14. The Kier molecular flexibility index (Phi) is 7.02. The molecule has 1 saturated carbocycles. The number of nitrogens with one attached hydrogen (secondary N) is 3. The van der Waals surface area contributed by atoms with Gasteiger partial charge >= 0.3 is 0 Å². The molecule has 1 fully saturated rings. The first-order valence-corrected chi connectivity index (χ1v) is 9.53. The molecule has 2 amide bonds. The van der Waals surface area contributed by atoms with Crippen LogP contribution in [0.15, 0.2) is 42.7 Å². The number of amides is 2. The second-order valence-electron chi connectivity index (χ2n) is 6.92. The van der Waals surface area contributed by atoms with Gasteiger partial charge in [-0.3, -0.25) is 9.59 Å². The van der Waals surface area contributed by atoms with E-state index < -0.39 is 6.10 Å². The quantitative estimate of drug-likeness (QED) is 0.543. The number of hydrogen-bond donors (Lipinski definition) is 4. The zero-order valence-corrected chi connectivity index (χ0v) is 15.6. The molecule has 28 heavy (non-hydrogen) atoms. The smallest absolute Gasteiger partial charge is 0.223 e. The fraction of sp³-hybridized carbons (Fsp3) is 0.450. The number of hydrogen-bond acceptors (Lipinski definition) is 5. The van der Waals surface area contributed by atoms with Crippen molar-refractivity contribution in [3.8, 4) is 5.75 Å². The Morgan fingerprint density at radius 3 is 2.79 bits per heavy atom. The van der Waals surface area contributed by atoms with Gasteiger partial charge in [0.25, 0.3) is 0 Å². The minimum absolute atomic E-state index is 0.100. The third kappa shape index (κ3) is 5.82. The van der Waals surface area contributed by atoms with Gasteiger partial charge in [0.2, 0.25) is 11.8 Å². The van der Waals surface area contributed by atoms with E-state index in [4.69, 9.17) is 4.74 Å². The maximum absolute atomic E-state index is 12.3. The number of aromatic nitrogens is 2. The molecule has 0 saturated heterocycles. The standard InChI is InChI=1S/C20H26N4O4/c25-17-12-14(20(27)23-13-18-21-9-10-22-18)6-7-16(17)24-19(26)8-11-28-15-4-2-1-3-5-15/h1-5,9-10,14,16-17,25H,6-8,11-13H2,(H,21,22)(H,23,27)(H,24,26)/t14-,16-,17-/m0/s1. The van der Waals surface area contributed by atoms with Crippen molar-refractivity contribution in [3.63, 3.8) is 0 Å². The first-order valence-electron chi connectivity index (χ1n) is 9.53. The highest BCUT2D eigenvalue weighted by atomic mass is 16.5. The lowest BCUT2D eigenvalue weighted by Crippen LogP contribution is -2.49. The van der Waals surface area contributed by atoms with E-state index in [0.29, 0.717) is 31.6 Å². The van der Waals surface area contributed by atoms with E-state index in [-0.39, 0.29) is 36.8 Å². The first kappa shape index (κ1) is 19.9. The molecule has 0 bridgehead atoms. The minimum atomic E-state index is -0.743. The van der Waals surface area contributed by atoms with Gasteiger partial charge in [-0.1, -0.05) is 18.2 Å². The summed E-state index contributed by atoms with van der Waals surface area (Å²) in [5.41, 5.74) is 0. The molecule has 150 valence electrons. The van der Waals surface area contributed by atoms with Crippen molar-refractivity contribution in [2.45, 2.75) is 44.4 Å². The number of aliphatic hydroxyl groups is 1. The molecule has 0 radical (unpaired) electrons. The number of imidazole rings is 1. The largest absolute Gasteiger partial charge is 0.493 e. The zero-order chi connectivity index (χ0) is 19.8. The topological polar surface area (TPSA) is 116 Å². The number of rotatable bonds is 8. The molecule has 0 spiro atoms. The van der Waals surface area contributed by atoms with Crippen LogP contribution < -0.4 is 15.4 Å². The molecule has 1 aromatic carbocycles. The summed E-state index contributed by atoms with van der Waals surface area (Å²) >= 11 is 0. The molecule has 4 N–H and O–H groups in total. The number of nitrogens with zero attached hydrogens (tertiary/aromatic N) is 1. The van der Waals surface area contributed by atoms with Crippen LogP contribution in [0.3, 0.4) is 0 Å². The van der Waals surface area contributed by atoms with Crippen LogP contribution in [-0.4, -0.2) is 45.6 Å². The minimum Gasteiger partial charge on any atom is -0.493 e. The summed E-state index contributed by atoms with van der Waals surface area (Å²) in [5, 5.41) is 16.0. The fourth-order valence-electron chi connectivity index (χ4n) is 3.32. The Labute approximate surface area is 163 Å². The molecule has 0 unspecified atom stereocenters. The molecular weight excluding hydrogens is 360 g/mol. The van der Waals surface area contributed by atoms with Crippen molar-refractivity contribution in [3.05, 3.63) is 48.5 Å². The van der Waals surface area contributed by atoms with E-state index in [1.54, 1.807) is 12.4 Å². The SMILES string of the molecule is O=C(CCOc1ccccc1)N[C@H]1CC[C@H](C(=O)NCc2ncc[nH]2)C[C@@H]1O. The molecule has 8 nitrogen and oxygen atoms in total. The third-order valence-electron chi connectivity index (χ3n) is 4.86. The van der Waals surface area contributed by atoms with Gasteiger partial charge in [-0.05, 0) is 31.4 Å². The second kappa shape index (κ2) is 9.89. The van der Waals surface area contributed by atoms with Crippen molar-refractivity contribution in [2.75, 3.05) is 6.61 Å². The third-order valence-corrected chi connectivity index (χ3v) is 4.86. The van der Waals surface area contributed by atoms with Crippen LogP contribution in [0.5, 0.6) is 5.75 Å². The van der Waals surface area contributed by atoms with Crippen LogP contribution in [-0.2, 0) is 16.1 Å². The number of aromatic amines is 1. The Balaban J connectivity index is 1.36.